The quantitative estimate of drug-likeness (QED) is 0.743. The minimum Gasteiger partial charge on any atom is -0.290 e. The van der Waals surface area contributed by atoms with Crippen molar-refractivity contribution < 1.29 is 0 Å². The number of aromatic nitrogens is 3. The van der Waals surface area contributed by atoms with Crippen LogP contribution in [-0.4, -0.2) is 14.5 Å². The van der Waals surface area contributed by atoms with Crippen LogP contribution in [0.25, 0.3) is 10.9 Å². The Morgan fingerprint density at radius 3 is 2.59 bits per heavy atom. The maximum Gasteiger partial charge on any atom is 0.261 e. The summed E-state index contributed by atoms with van der Waals surface area (Å²) in [5.74, 6) is 0. The number of fused-ring (bicyclic) bond motifs is 1. The van der Waals surface area contributed by atoms with E-state index in [2.05, 4.69) is 16.9 Å². The van der Waals surface area contributed by atoms with Crippen LogP contribution < -0.4 is 5.56 Å². The van der Waals surface area contributed by atoms with Crippen LogP contribution in [0.4, 0.5) is 0 Å². The molecule has 0 radical (unpaired) electrons. The molecule has 1 atom stereocenters. The van der Waals surface area contributed by atoms with Crippen LogP contribution in [0.2, 0.25) is 0 Å². The Bertz CT molecular complexity index is 883. The van der Waals surface area contributed by atoms with Crippen LogP contribution in [0.15, 0.2) is 47.7 Å². The largest absolute Gasteiger partial charge is 0.290 e. The number of aryl methyl sites for hydroxylation is 2. The number of pyridine rings is 1. The number of benzene rings is 1. The van der Waals surface area contributed by atoms with Crippen LogP contribution in [0.5, 0.6) is 0 Å². The van der Waals surface area contributed by atoms with Crippen molar-refractivity contribution >= 4 is 10.9 Å². The van der Waals surface area contributed by atoms with E-state index in [1.165, 1.54) is 0 Å². The van der Waals surface area contributed by atoms with Gasteiger partial charge in [-0.15, -0.1) is 0 Å². The van der Waals surface area contributed by atoms with Gasteiger partial charge in [0.05, 0.1) is 29.0 Å². The molecule has 0 saturated carbocycles. The lowest BCUT2D eigenvalue weighted by Crippen LogP contribution is -2.26. The fourth-order valence-corrected chi connectivity index (χ4v) is 2.76. The third-order valence-corrected chi connectivity index (χ3v) is 3.94. The van der Waals surface area contributed by atoms with E-state index in [0.717, 1.165) is 28.8 Å². The van der Waals surface area contributed by atoms with Crippen molar-refractivity contribution in [1.82, 2.24) is 14.5 Å². The third kappa shape index (κ3) is 2.52. The predicted molar refractivity (Wildman–Crippen MR) is 88.1 cm³/mol. The number of hydrogen-bond donors (Lipinski definition) is 0. The molecule has 3 rings (SSSR count). The van der Waals surface area contributed by atoms with Crippen molar-refractivity contribution in [3.8, 4) is 0 Å². The summed E-state index contributed by atoms with van der Waals surface area (Å²) in [6.07, 6.45) is 4.21. The van der Waals surface area contributed by atoms with E-state index in [1.54, 1.807) is 17.1 Å². The van der Waals surface area contributed by atoms with Gasteiger partial charge in [-0.3, -0.25) is 14.3 Å². The van der Waals surface area contributed by atoms with Gasteiger partial charge in [-0.25, -0.2) is 4.98 Å². The Hall–Kier alpha value is -2.49. The molecule has 2 heterocycles. The van der Waals surface area contributed by atoms with Crippen molar-refractivity contribution in [1.29, 1.82) is 0 Å². The molecule has 22 heavy (non-hydrogen) atoms. The number of rotatable bonds is 3. The second-order valence-electron chi connectivity index (χ2n) is 5.66. The highest BCUT2D eigenvalue weighted by molar-refractivity contribution is 5.78. The van der Waals surface area contributed by atoms with Crippen LogP contribution in [-0.2, 0) is 0 Å². The average Bonchev–Trinajstić information content (AvgIpc) is 2.51. The molecule has 2 aromatic heterocycles. The molecule has 0 amide bonds. The molecule has 0 N–H and O–H groups in total. The van der Waals surface area contributed by atoms with Crippen molar-refractivity contribution in [2.75, 3.05) is 0 Å². The summed E-state index contributed by atoms with van der Waals surface area (Å²) in [6, 6.07) is 9.66. The molecule has 0 unspecified atom stereocenters. The molecule has 0 bridgehead atoms. The first kappa shape index (κ1) is 14.4. The monoisotopic (exact) mass is 293 g/mol. The van der Waals surface area contributed by atoms with Crippen LogP contribution >= 0.6 is 0 Å². The third-order valence-electron chi connectivity index (χ3n) is 3.94. The molecule has 4 heteroatoms. The zero-order chi connectivity index (χ0) is 15.7. The molecular formula is C18H19N3O. The van der Waals surface area contributed by atoms with Gasteiger partial charge in [-0.1, -0.05) is 18.6 Å². The van der Waals surface area contributed by atoms with Gasteiger partial charge in [0.15, 0.2) is 0 Å². The summed E-state index contributed by atoms with van der Waals surface area (Å²) < 4.78 is 1.70. The maximum atomic E-state index is 12.8. The lowest BCUT2D eigenvalue weighted by Gasteiger charge is -2.18. The lowest BCUT2D eigenvalue weighted by atomic mass is 10.1. The molecule has 4 nitrogen and oxygen atoms in total. The topological polar surface area (TPSA) is 47.8 Å². The van der Waals surface area contributed by atoms with E-state index >= 15 is 0 Å². The van der Waals surface area contributed by atoms with Gasteiger partial charge in [0.2, 0.25) is 0 Å². The maximum absolute atomic E-state index is 12.8. The lowest BCUT2D eigenvalue weighted by molar-refractivity contribution is 0.531. The number of nitrogens with zero attached hydrogens (tertiary/aromatic N) is 3. The average molecular weight is 293 g/mol. The Kier molecular flexibility index (Phi) is 3.75. The zero-order valence-corrected chi connectivity index (χ0v) is 13.1. The van der Waals surface area contributed by atoms with Crippen molar-refractivity contribution in [3.05, 3.63) is 70.0 Å². The smallest absolute Gasteiger partial charge is 0.261 e. The van der Waals surface area contributed by atoms with E-state index in [9.17, 15) is 4.79 Å². The molecular weight excluding hydrogens is 274 g/mol. The van der Waals surface area contributed by atoms with Gasteiger partial charge in [0.1, 0.15) is 0 Å². The van der Waals surface area contributed by atoms with E-state index < -0.39 is 0 Å². The highest BCUT2D eigenvalue weighted by Gasteiger charge is 2.16. The van der Waals surface area contributed by atoms with Crippen molar-refractivity contribution in [3.63, 3.8) is 0 Å². The molecule has 0 aliphatic heterocycles. The van der Waals surface area contributed by atoms with Crippen LogP contribution in [0, 0.1) is 13.8 Å². The summed E-state index contributed by atoms with van der Waals surface area (Å²) in [4.78, 5) is 21.7. The van der Waals surface area contributed by atoms with E-state index in [-0.39, 0.29) is 11.6 Å². The standard InChI is InChI=1S/C18H19N3O/c1-4-17(16-10-13(3)7-8-19-16)21-11-20-15-6-5-12(2)9-14(15)18(21)22/h5-11,17H,4H2,1-3H3/t17-/m1/s1. The molecule has 112 valence electrons. The van der Waals surface area contributed by atoms with Crippen molar-refractivity contribution in [2.45, 2.75) is 33.2 Å². The molecule has 0 spiro atoms. The summed E-state index contributed by atoms with van der Waals surface area (Å²) in [7, 11) is 0. The van der Waals surface area contributed by atoms with Crippen molar-refractivity contribution in [2.24, 2.45) is 0 Å². The Morgan fingerprint density at radius 1 is 1.09 bits per heavy atom. The van der Waals surface area contributed by atoms with Gasteiger partial charge in [-0.2, -0.15) is 0 Å². The highest BCUT2D eigenvalue weighted by Crippen LogP contribution is 2.20. The predicted octanol–water partition coefficient (Wildman–Crippen LogP) is 3.41. The van der Waals surface area contributed by atoms with E-state index in [1.807, 2.05) is 44.2 Å². The van der Waals surface area contributed by atoms with Gasteiger partial charge in [0.25, 0.3) is 5.56 Å². The zero-order valence-electron chi connectivity index (χ0n) is 13.1. The Morgan fingerprint density at radius 2 is 1.86 bits per heavy atom. The molecule has 3 aromatic rings. The van der Waals surface area contributed by atoms with Gasteiger partial charge in [-0.05, 0) is 50.1 Å². The Balaban J connectivity index is 2.19. The first-order valence-electron chi connectivity index (χ1n) is 7.50. The molecule has 0 aliphatic carbocycles. The minimum atomic E-state index is -0.0928. The fraction of sp³-hybridized carbons (Fsp3) is 0.278. The molecule has 1 aromatic carbocycles. The molecule has 0 aliphatic rings. The first-order valence-corrected chi connectivity index (χ1v) is 7.50. The highest BCUT2D eigenvalue weighted by atomic mass is 16.1. The van der Waals surface area contributed by atoms with E-state index in [4.69, 9.17) is 0 Å². The second-order valence-corrected chi connectivity index (χ2v) is 5.66. The first-order chi connectivity index (χ1) is 10.6. The minimum absolute atomic E-state index is 0.0103. The fourth-order valence-electron chi connectivity index (χ4n) is 2.76. The molecule has 0 fully saturated rings. The molecule has 0 saturated heterocycles. The van der Waals surface area contributed by atoms with Gasteiger partial charge in [0, 0.05) is 6.20 Å². The SMILES string of the molecule is CC[C@H](c1cc(C)ccn1)n1cnc2ccc(C)cc2c1=O. The summed E-state index contributed by atoms with van der Waals surface area (Å²) in [5.41, 5.74) is 3.83. The van der Waals surface area contributed by atoms with Gasteiger partial charge >= 0.3 is 0 Å². The van der Waals surface area contributed by atoms with E-state index in [0.29, 0.717) is 5.39 Å². The summed E-state index contributed by atoms with van der Waals surface area (Å²) in [5, 5.41) is 0.661. The normalized spacial score (nSPS) is 12.5. The summed E-state index contributed by atoms with van der Waals surface area (Å²) in [6.45, 7) is 6.07. The Labute approximate surface area is 129 Å². The van der Waals surface area contributed by atoms with Crippen LogP contribution in [0.3, 0.4) is 0 Å². The second kappa shape index (κ2) is 5.72. The van der Waals surface area contributed by atoms with Crippen LogP contribution in [0.1, 0.15) is 36.2 Å². The summed E-state index contributed by atoms with van der Waals surface area (Å²) >= 11 is 0. The van der Waals surface area contributed by atoms with Gasteiger partial charge < -0.3 is 0 Å². The number of hydrogen-bond acceptors (Lipinski definition) is 3.